The Labute approximate surface area is 109 Å². The zero-order valence-corrected chi connectivity index (χ0v) is 10.7. The number of nitrogen functional groups attached to an aromatic ring is 1. The quantitative estimate of drug-likeness (QED) is 0.629. The molecule has 0 spiro atoms. The Morgan fingerprint density at radius 1 is 1.58 bits per heavy atom. The molecule has 2 rings (SSSR count). The number of nitrogens with one attached hydrogen (secondary N) is 2. The van der Waals surface area contributed by atoms with Crippen molar-refractivity contribution in [2.75, 3.05) is 11.1 Å². The van der Waals surface area contributed by atoms with Crippen molar-refractivity contribution in [3.63, 3.8) is 0 Å². The van der Waals surface area contributed by atoms with Crippen LogP contribution in [-0.2, 0) is 4.79 Å². The first kappa shape index (κ1) is 13.1. The summed E-state index contributed by atoms with van der Waals surface area (Å²) in [5, 5.41) is 12.2. The first-order valence-electron chi connectivity index (χ1n) is 5.98. The van der Waals surface area contributed by atoms with Gasteiger partial charge in [-0.15, -0.1) is 0 Å². The van der Waals surface area contributed by atoms with E-state index in [2.05, 4.69) is 25.3 Å². The number of carbonyl (C=O) groups is 1. The third kappa shape index (κ3) is 2.56. The van der Waals surface area contributed by atoms with E-state index in [0.29, 0.717) is 17.0 Å². The van der Waals surface area contributed by atoms with Crippen LogP contribution in [0.5, 0.6) is 0 Å². The molecule has 0 saturated carbocycles. The molecule has 2 aromatic heterocycles. The van der Waals surface area contributed by atoms with Gasteiger partial charge in [0.2, 0.25) is 5.95 Å². The summed E-state index contributed by atoms with van der Waals surface area (Å²) in [4.78, 5) is 26.1. The fourth-order valence-corrected chi connectivity index (χ4v) is 1.78. The smallest absolute Gasteiger partial charge is 0.326 e. The van der Waals surface area contributed by atoms with Crippen LogP contribution >= 0.6 is 0 Å². The fourth-order valence-electron chi connectivity index (χ4n) is 1.78. The SMILES string of the molecule is CC[C@@H](C)[C@H](Nc1nc(N)nc2nc[nH]c12)C(=O)O. The van der Waals surface area contributed by atoms with Crippen LogP contribution < -0.4 is 11.1 Å². The molecule has 0 saturated heterocycles. The van der Waals surface area contributed by atoms with E-state index in [4.69, 9.17) is 5.73 Å². The number of aromatic nitrogens is 4. The highest BCUT2D eigenvalue weighted by molar-refractivity contribution is 5.86. The Balaban J connectivity index is 2.38. The van der Waals surface area contributed by atoms with Gasteiger partial charge in [0.1, 0.15) is 11.6 Å². The molecular weight excluding hydrogens is 248 g/mol. The lowest BCUT2D eigenvalue weighted by Gasteiger charge is -2.20. The number of aromatic amines is 1. The van der Waals surface area contributed by atoms with E-state index in [1.807, 2.05) is 13.8 Å². The highest BCUT2D eigenvalue weighted by Gasteiger charge is 2.25. The van der Waals surface area contributed by atoms with Crippen LogP contribution in [0.2, 0.25) is 0 Å². The lowest BCUT2D eigenvalue weighted by molar-refractivity contribution is -0.139. The van der Waals surface area contributed by atoms with Crippen molar-refractivity contribution in [2.24, 2.45) is 5.92 Å². The Bertz CT molecular complexity index is 596. The van der Waals surface area contributed by atoms with Crippen molar-refractivity contribution in [1.29, 1.82) is 0 Å². The summed E-state index contributed by atoms with van der Waals surface area (Å²) in [6, 6.07) is -0.745. The molecule has 0 aliphatic carbocycles. The molecule has 0 aliphatic rings. The van der Waals surface area contributed by atoms with E-state index in [1.165, 1.54) is 6.33 Å². The van der Waals surface area contributed by atoms with E-state index in [1.54, 1.807) is 0 Å². The average Bonchev–Trinajstić information content (AvgIpc) is 2.82. The molecule has 5 N–H and O–H groups in total. The number of aliphatic carboxylic acids is 1. The third-order valence-electron chi connectivity index (χ3n) is 3.07. The molecule has 8 nitrogen and oxygen atoms in total. The van der Waals surface area contributed by atoms with Gasteiger partial charge in [-0.2, -0.15) is 9.97 Å². The molecule has 2 atom stereocenters. The van der Waals surface area contributed by atoms with Gasteiger partial charge < -0.3 is 21.1 Å². The molecule has 0 unspecified atom stereocenters. The molecule has 0 radical (unpaired) electrons. The number of imidazole rings is 1. The first-order chi connectivity index (χ1) is 9.02. The summed E-state index contributed by atoms with van der Waals surface area (Å²) >= 11 is 0. The van der Waals surface area contributed by atoms with Gasteiger partial charge in [-0.05, 0) is 5.92 Å². The average molecular weight is 264 g/mol. The van der Waals surface area contributed by atoms with E-state index in [0.717, 1.165) is 6.42 Å². The lowest BCUT2D eigenvalue weighted by atomic mass is 9.99. The first-order valence-corrected chi connectivity index (χ1v) is 5.98. The van der Waals surface area contributed by atoms with Gasteiger partial charge in [-0.25, -0.2) is 9.78 Å². The molecular formula is C11H16N6O2. The van der Waals surface area contributed by atoms with Gasteiger partial charge in [0.05, 0.1) is 6.33 Å². The Hall–Kier alpha value is -2.38. The van der Waals surface area contributed by atoms with Gasteiger partial charge in [0.25, 0.3) is 0 Å². The van der Waals surface area contributed by atoms with Gasteiger partial charge in [-0.3, -0.25) is 0 Å². The maximum atomic E-state index is 11.3. The number of nitrogens with zero attached hydrogens (tertiary/aromatic N) is 3. The number of hydrogen-bond acceptors (Lipinski definition) is 6. The minimum absolute atomic E-state index is 0.0494. The number of rotatable bonds is 5. The summed E-state index contributed by atoms with van der Waals surface area (Å²) in [7, 11) is 0. The summed E-state index contributed by atoms with van der Waals surface area (Å²) < 4.78 is 0. The zero-order valence-electron chi connectivity index (χ0n) is 10.7. The minimum Gasteiger partial charge on any atom is -0.480 e. The second kappa shape index (κ2) is 5.09. The van der Waals surface area contributed by atoms with Gasteiger partial charge >= 0.3 is 5.97 Å². The van der Waals surface area contributed by atoms with E-state index < -0.39 is 12.0 Å². The zero-order chi connectivity index (χ0) is 14.0. The molecule has 102 valence electrons. The largest absolute Gasteiger partial charge is 0.480 e. The highest BCUT2D eigenvalue weighted by Crippen LogP contribution is 2.20. The maximum absolute atomic E-state index is 11.3. The predicted molar refractivity (Wildman–Crippen MR) is 70.6 cm³/mol. The monoisotopic (exact) mass is 264 g/mol. The normalized spacial score (nSPS) is 14.2. The van der Waals surface area contributed by atoms with Crippen LogP contribution in [0.3, 0.4) is 0 Å². The molecule has 2 heterocycles. The summed E-state index contributed by atoms with van der Waals surface area (Å²) in [6.07, 6.45) is 2.19. The number of anilines is 2. The highest BCUT2D eigenvalue weighted by atomic mass is 16.4. The molecule has 0 fully saturated rings. The van der Waals surface area contributed by atoms with Crippen LogP contribution in [0, 0.1) is 5.92 Å². The van der Waals surface area contributed by atoms with Gasteiger partial charge in [0, 0.05) is 0 Å². The van der Waals surface area contributed by atoms with Crippen molar-refractivity contribution < 1.29 is 9.90 Å². The molecule has 8 heteroatoms. The van der Waals surface area contributed by atoms with Crippen LogP contribution in [0.1, 0.15) is 20.3 Å². The van der Waals surface area contributed by atoms with Crippen molar-refractivity contribution in [1.82, 2.24) is 19.9 Å². The molecule has 0 aliphatic heterocycles. The third-order valence-corrected chi connectivity index (χ3v) is 3.07. The van der Waals surface area contributed by atoms with Gasteiger partial charge in [-0.1, -0.05) is 20.3 Å². The number of H-pyrrole nitrogens is 1. The number of fused-ring (bicyclic) bond motifs is 1. The number of carboxylic acids is 1. The molecule has 0 amide bonds. The lowest BCUT2D eigenvalue weighted by Crippen LogP contribution is -2.35. The van der Waals surface area contributed by atoms with E-state index >= 15 is 0 Å². The summed E-state index contributed by atoms with van der Waals surface area (Å²) in [5.41, 5.74) is 6.53. The Kier molecular flexibility index (Phi) is 3.50. The van der Waals surface area contributed by atoms with Crippen LogP contribution in [0.4, 0.5) is 11.8 Å². The molecule has 0 bridgehead atoms. The van der Waals surface area contributed by atoms with Crippen molar-refractivity contribution in [3.8, 4) is 0 Å². The summed E-state index contributed by atoms with van der Waals surface area (Å²) in [6.45, 7) is 3.79. The maximum Gasteiger partial charge on any atom is 0.326 e. The summed E-state index contributed by atoms with van der Waals surface area (Å²) in [5.74, 6) is -0.575. The van der Waals surface area contributed by atoms with Crippen molar-refractivity contribution in [3.05, 3.63) is 6.33 Å². The van der Waals surface area contributed by atoms with E-state index in [-0.39, 0.29) is 11.9 Å². The number of nitrogens with two attached hydrogens (primary N) is 1. The van der Waals surface area contributed by atoms with Gasteiger partial charge in [0.15, 0.2) is 11.5 Å². The standard InChI is InChI=1S/C11H16N6O2/c1-3-5(2)6(10(18)19)15-9-7-8(14-4-13-7)16-11(12)17-9/h4-6H,3H2,1-2H3,(H,18,19)(H4,12,13,14,15,16,17)/t5-,6+/m1/s1. The van der Waals surface area contributed by atoms with Crippen LogP contribution in [0.25, 0.3) is 11.2 Å². The van der Waals surface area contributed by atoms with Crippen molar-refractivity contribution >= 4 is 28.9 Å². The number of hydrogen-bond donors (Lipinski definition) is 4. The van der Waals surface area contributed by atoms with Crippen molar-refractivity contribution in [2.45, 2.75) is 26.3 Å². The second-order valence-electron chi connectivity index (χ2n) is 4.38. The Morgan fingerprint density at radius 2 is 2.32 bits per heavy atom. The molecule has 2 aromatic rings. The topological polar surface area (TPSA) is 130 Å². The minimum atomic E-state index is -0.931. The second-order valence-corrected chi connectivity index (χ2v) is 4.38. The number of carboxylic acid groups (broad SMARTS) is 1. The van der Waals surface area contributed by atoms with E-state index in [9.17, 15) is 9.90 Å². The fraction of sp³-hybridized carbons (Fsp3) is 0.455. The predicted octanol–water partition coefficient (Wildman–Crippen LogP) is 0.846. The Morgan fingerprint density at radius 3 is 2.95 bits per heavy atom. The molecule has 0 aromatic carbocycles. The van der Waals surface area contributed by atoms with Crippen LogP contribution in [0.15, 0.2) is 6.33 Å². The molecule has 19 heavy (non-hydrogen) atoms. The van der Waals surface area contributed by atoms with Crippen LogP contribution in [-0.4, -0.2) is 37.1 Å².